The molecule has 15 heteroatoms. The highest BCUT2D eigenvalue weighted by atomic mass is 16.7. The van der Waals surface area contributed by atoms with Crippen molar-refractivity contribution in [1.29, 1.82) is 0 Å². The van der Waals surface area contributed by atoms with E-state index in [-0.39, 0.29) is 13.0 Å². The fourth-order valence-electron chi connectivity index (χ4n) is 8.30. The average Bonchev–Trinajstić information content (AvgIpc) is 3.33. The Balaban J connectivity index is 1.83. The first kappa shape index (κ1) is 61.8. The summed E-state index contributed by atoms with van der Waals surface area (Å²) in [4.78, 5) is 25.7. The van der Waals surface area contributed by atoms with Crippen molar-refractivity contribution in [2.75, 3.05) is 26.4 Å². The van der Waals surface area contributed by atoms with E-state index in [4.69, 9.17) is 28.4 Å². The Kier molecular flexibility index (Phi) is 36.7. The molecule has 2 rings (SSSR count). The van der Waals surface area contributed by atoms with Crippen LogP contribution < -0.4 is 0 Å². The number of carbonyl (C=O) groups excluding carboxylic acids is 2. The molecule has 2 fully saturated rings. The second-order valence-electron chi connectivity index (χ2n) is 18.8. The Morgan fingerprint density at radius 2 is 0.941 bits per heavy atom. The number of unbranched alkanes of at least 4 members (excludes halogenated alkanes) is 24. The standard InChI is InChI=1S/C53H94O15/c1-3-5-7-9-11-13-15-17-19-20-22-23-25-27-29-31-33-35-44(55)63-38-41(66-45(56)36-34-32-30-28-26-24-21-18-16-14-12-10-8-6-4-2)39-64-52-51(62)49(60)47(58)43(68-52)40-65-53-50(61)48(59)46(57)42(37-54)67-53/h17,19,30,32,34,36,41-43,46-54,57-62H,3-16,18,20-29,31,33,35,37-40H2,1-2H3/b19-17+,32-30+,36-34+/t41-,42+,43+,46-,47-,48?,49?,50?,51?,52+,53+/m0/s1. The van der Waals surface area contributed by atoms with Gasteiger partial charge >= 0.3 is 11.9 Å². The summed E-state index contributed by atoms with van der Waals surface area (Å²) in [5.74, 6) is -1.18. The van der Waals surface area contributed by atoms with Gasteiger partial charge in [0.1, 0.15) is 55.4 Å². The van der Waals surface area contributed by atoms with Gasteiger partial charge in [-0.15, -0.1) is 0 Å². The van der Waals surface area contributed by atoms with Crippen LogP contribution in [0, 0.1) is 0 Å². The van der Waals surface area contributed by atoms with Crippen molar-refractivity contribution < 1.29 is 73.8 Å². The second-order valence-corrected chi connectivity index (χ2v) is 18.8. The first-order valence-electron chi connectivity index (χ1n) is 26.6. The smallest absolute Gasteiger partial charge is 0.331 e. The summed E-state index contributed by atoms with van der Waals surface area (Å²) >= 11 is 0. The Bertz CT molecular complexity index is 1330. The molecule has 2 aliphatic rings. The molecule has 4 unspecified atom stereocenters. The van der Waals surface area contributed by atoms with Crippen LogP contribution >= 0.6 is 0 Å². The van der Waals surface area contributed by atoms with Gasteiger partial charge in [0, 0.05) is 12.5 Å². The number of allylic oxidation sites excluding steroid dienone is 5. The summed E-state index contributed by atoms with van der Waals surface area (Å²) in [5, 5.41) is 72.1. The molecule has 15 nitrogen and oxygen atoms in total. The molecule has 68 heavy (non-hydrogen) atoms. The third kappa shape index (κ3) is 27.9. The molecule has 0 amide bonds. The Hall–Kier alpha value is -2.28. The van der Waals surface area contributed by atoms with Gasteiger partial charge in [-0.3, -0.25) is 4.79 Å². The zero-order valence-corrected chi connectivity index (χ0v) is 41.8. The minimum absolute atomic E-state index is 0.194. The van der Waals surface area contributed by atoms with Gasteiger partial charge in [0.25, 0.3) is 0 Å². The van der Waals surface area contributed by atoms with Gasteiger partial charge in [-0.2, -0.15) is 0 Å². The van der Waals surface area contributed by atoms with E-state index < -0.39 is 99.3 Å². The summed E-state index contributed by atoms with van der Waals surface area (Å²) in [6, 6.07) is 0. The second kappa shape index (κ2) is 40.3. The van der Waals surface area contributed by atoms with E-state index in [2.05, 4.69) is 26.0 Å². The van der Waals surface area contributed by atoms with E-state index in [0.29, 0.717) is 6.42 Å². The summed E-state index contributed by atoms with van der Waals surface area (Å²) in [6.07, 6.45) is 26.6. The lowest BCUT2D eigenvalue weighted by Crippen LogP contribution is -2.61. The molecular weight excluding hydrogens is 877 g/mol. The Morgan fingerprint density at radius 1 is 0.500 bits per heavy atom. The van der Waals surface area contributed by atoms with Crippen LogP contribution in [-0.4, -0.2) is 142 Å². The lowest BCUT2D eigenvalue weighted by atomic mass is 9.98. The monoisotopic (exact) mass is 971 g/mol. The molecule has 0 spiro atoms. The summed E-state index contributed by atoms with van der Waals surface area (Å²) in [5.41, 5.74) is 0. The zero-order chi connectivity index (χ0) is 49.6. The molecule has 0 bridgehead atoms. The molecule has 2 saturated heterocycles. The van der Waals surface area contributed by atoms with E-state index in [1.54, 1.807) is 12.2 Å². The van der Waals surface area contributed by atoms with Gasteiger partial charge in [0.2, 0.25) is 0 Å². The minimum Gasteiger partial charge on any atom is -0.462 e. The zero-order valence-electron chi connectivity index (χ0n) is 41.8. The molecular formula is C53H94O15. The molecule has 0 radical (unpaired) electrons. The average molecular weight is 971 g/mol. The number of hydrogen-bond acceptors (Lipinski definition) is 15. The molecule has 7 N–H and O–H groups in total. The highest BCUT2D eigenvalue weighted by molar-refractivity contribution is 5.82. The summed E-state index contributed by atoms with van der Waals surface area (Å²) < 4.78 is 33.4. The summed E-state index contributed by atoms with van der Waals surface area (Å²) in [6.45, 7) is 2.48. The summed E-state index contributed by atoms with van der Waals surface area (Å²) in [7, 11) is 0. The molecule has 2 heterocycles. The SMILES string of the molecule is CCCCCCCC/C=C/CCCCCCCCCC(=O)OC[C@@H](CO[C@@H]1O[C@H](CO[C@@H]2O[C@H](CO)[C@H](O)C(O)C2O)[C@H](O)C(O)C1O)OC(=O)/C=C/C=C/CCCCCCCCCCCCC. The number of rotatable bonds is 41. The van der Waals surface area contributed by atoms with E-state index in [1.807, 2.05) is 6.08 Å². The van der Waals surface area contributed by atoms with E-state index >= 15 is 0 Å². The van der Waals surface area contributed by atoms with Crippen molar-refractivity contribution in [2.45, 2.75) is 261 Å². The first-order chi connectivity index (χ1) is 33.0. The van der Waals surface area contributed by atoms with Crippen LogP contribution in [-0.2, 0) is 38.0 Å². The highest BCUT2D eigenvalue weighted by Crippen LogP contribution is 2.26. The number of aliphatic hydroxyl groups excluding tert-OH is 7. The predicted octanol–water partition coefficient (Wildman–Crippen LogP) is 7.71. The maximum Gasteiger partial charge on any atom is 0.331 e. The molecule has 2 aliphatic heterocycles. The molecule has 11 atom stereocenters. The molecule has 0 aliphatic carbocycles. The van der Waals surface area contributed by atoms with Crippen LogP contribution in [0.5, 0.6) is 0 Å². The fraction of sp³-hybridized carbons (Fsp3) is 0.849. The number of hydrogen-bond donors (Lipinski definition) is 7. The number of carbonyl (C=O) groups is 2. The number of esters is 2. The lowest BCUT2D eigenvalue weighted by molar-refractivity contribution is -0.332. The van der Waals surface area contributed by atoms with Gasteiger partial charge in [-0.1, -0.05) is 173 Å². The van der Waals surface area contributed by atoms with Crippen LogP contribution in [0.3, 0.4) is 0 Å². The Morgan fingerprint density at radius 3 is 1.46 bits per heavy atom. The highest BCUT2D eigenvalue weighted by Gasteiger charge is 2.47. The molecule has 0 saturated carbocycles. The minimum atomic E-state index is -1.78. The maximum atomic E-state index is 12.9. The van der Waals surface area contributed by atoms with E-state index in [0.717, 1.165) is 51.4 Å². The van der Waals surface area contributed by atoms with Crippen molar-refractivity contribution in [3.63, 3.8) is 0 Å². The Labute approximate surface area is 408 Å². The quantitative estimate of drug-likeness (QED) is 0.0102. The van der Waals surface area contributed by atoms with E-state index in [1.165, 1.54) is 122 Å². The van der Waals surface area contributed by atoms with Gasteiger partial charge < -0.3 is 64.2 Å². The third-order valence-electron chi connectivity index (χ3n) is 12.7. The maximum absolute atomic E-state index is 12.9. The lowest BCUT2D eigenvalue weighted by Gasteiger charge is -2.42. The van der Waals surface area contributed by atoms with Gasteiger partial charge in [-0.25, -0.2) is 4.79 Å². The van der Waals surface area contributed by atoms with Crippen molar-refractivity contribution in [3.05, 3.63) is 36.5 Å². The van der Waals surface area contributed by atoms with Crippen molar-refractivity contribution in [1.82, 2.24) is 0 Å². The molecule has 0 aromatic carbocycles. The van der Waals surface area contributed by atoms with Gasteiger partial charge in [-0.05, 0) is 44.9 Å². The van der Waals surface area contributed by atoms with Crippen LogP contribution in [0.1, 0.15) is 194 Å². The predicted molar refractivity (Wildman–Crippen MR) is 261 cm³/mol. The van der Waals surface area contributed by atoms with Crippen molar-refractivity contribution >= 4 is 11.9 Å². The number of aliphatic hydroxyl groups is 7. The van der Waals surface area contributed by atoms with Gasteiger partial charge in [0.15, 0.2) is 18.7 Å². The molecule has 0 aromatic heterocycles. The van der Waals surface area contributed by atoms with Crippen molar-refractivity contribution in [2.24, 2.45) is 0 Å². The van der Waals surface area contributed by atoms with Crippen LogP contribution in [0.4, 0.5) is 0 Å². The fourth-order valence-corrected chi connectivity index (χ4v) is 8.30. The van der Waals surface area contributed by atoms with Crippen LogP contribution in [0.25, 0.3) is 0 Å². The van der Waals surface area contributed by atoms with Gasteiger partial charge in [0.05, 0.1) is 19.8 Å². The van der Waals surface area contributed by atoms with Crippen LogP contribution in [0.2, 0.25) is 0 Å². The van der Waals surface area contributed by atoms with Crippen molar-refractivity contribution in [3.8, 4) is 0 Å². The topological polar surface area (TPSA) is 231 Å². The first-order valence-corrected chi connectivity index (χ1v) is 26.6. The van der Waals surface area contributed by atoms with E-state index in [9.17, 15) is 45.3 Å². The molecule has 396 valence electrons. The molecule has 0 aromatic rings. The number of ether oxygens (including phenoxy) is 6. The van der Waals surface area contributed by atoms with Crippen LogP contribution in [0.15, 0.2) is 36.5 Å². The normalized spacial score (nSPS) is 26.0. The third-order valence-corrected chi connectivity index (χ3v) is 12.7. The largest absolute Gasteiger partial charge is 0.462 e.